The van der Waals surface area contributed by atoms with Crippen molar-refractivity contribution in [3.05, 3.63) is 69.0 Å². The number of benzene rings is 2. The Balaban J connectivity index is 1.36. The molecule has 2 aromatic carbocycles. The van der Waals surface area contributed by atoms with E-state index in [4.69, 9.17) is 9.73 Å². The van der Waals surface area contributed by atoms with Gasteiger partial charge < -0.3 is 10.1 Å². The van der Waals surface area contributed by atoms with Gasteiger partial charge in [-0.25, -0.2) is 14.7 Å². The van der Waals surface area contributed by atoms with Crippen LogP contribution in [0.15, 0.2) is 72.6 Å². The number of aliphatic imine (C=N–C) groups is 1. The van der Waals surface area contributed by atoms with Crippen molar-refractivity contribution in [2.45, 2.75) is 127 Å². The molecule has 234 valence electrons. The highest BCUT2D eigenvalue weighted by molar-refractivity contribution is 8.07. The van der Waals surface area contributed by atoms with E-state index in [-0.39, 0.29) is 18.2 Å². The second kappa shape index (κ2) is 13.4. The fourth-order valence-electron chi connectivity index (χ4n) is 6.60. The van der Waals surface area contributed by atoms with E-state index in [0.717, 1.165) is 64.0 Å². The number of carbonyl (C=O) groups is 1. The van der Waals surface area contributed by atoms with Gasteiger partial charge in [-0.1, -0.05) is 101 Å². The molecule has 0 saturated carbocycles. The SMILES string of the molecule is CCCCCc1ccc2c(c1)N=C1C(=C3Sc4ccc(CCCCC)cc4NC3N1C(=O)OC1(C(C)C)CC=C(C)CC1)S2. The number of hydrogen-bond acceptors (Lipinski definition) is 6. The van der Waals surface area contributed by atoms with E-state index in [1.807, 2.05) is 4.90 Å². The number of rotatable bonds is 10. The summed E-state index contributed by atoms with van der Waals surface area (Å²) in [5, 5.41) is 3.78. The smallest absolute Gasteiger partial charge is 0.418 e. The number of anilines is 1. The number of amidine groups is 1. The van der Waals surface area contributed by atoms with Crippen molar-refractivity contribution in [2.75, 3.05) is 5.32 Å². The lowest BCUT2D eigenvalue weighted by Crippen LogP contribution is -2.51. The van der Waals surface area contributed by atoms with E-state index in [1.54, 1.807) is 23.5 Å². The molecule has 7 heteroatoms. The maximum absolute atomic E-state index is 14.4. The van der Waals surface area contributed by atoms with Crippen LogP contribution < -0.4 is 5.32 Å². The molecule has 2 unspecified atom stereocenters. The highest BCUT2D eigenvalue weighted by atomic mass is 32.2. The van der Waals surface area contributed by atoms with Crippen LogP contribution in [0.25, 0.3) is 0 Å². The van der Waals surface area contributed by atoms with Gasteiger partial charge in [0.2, 0.25) is 0 Å². The number of ether oxygens (including phenoxy) is 1. The molecule has 5 nitrogen and oxygen atoms in total. The number of fused-ring (bicyclic) bond motifs is 4. The number of thioether (sulfide) groups is 2. The Labute approximate surface area is 272 Å². The highest BCUT2D eigenvalue weighted by Crippen LogP contribution is 2.54. The molecule has 0 fully saturated rings. The minimum atomic E-state index is -0.515. The number of allylic oxidation sites excluding steroid dienone is 1. The largest absolute Gasteiger partial charge is 0.442 e. The Morgan fingerprint density at radius 2 is 1.73 bits per heavy atom. The summed E-state index contributed by atoms with van der Waals surface area (Å²) in [5.74, 6) is 0.926. The third kappa shape index (κ3) is 6.24. The molecule has 1 aliphatic carbocycles. The lowest BCUT2D eigenvalue weighted by Gasteiger charge is -2.41. The Kier molecular flexibility index (Phi) is 9.53. The van der Waals surface area contributed by atoms with Gasteiger partial charge in [0.25, 0.3) is 0 Å². The van der Waals surface area contributed by atoms with E-state index in [1.165, 1.54) is 60.1 Å². The minimum Gasteiger partial charge on any atom is -0.442 e. The molecule has 44 heavy (non-hydrogen) atoms. The first-order valence-electron chi connectivity index (χ1n) is 16.7. The average molecular weight is 630 g/mol. The summed E-state index contributed by atoms with van der Waals surface area (Å²) in [6, 6.07) is 13.5. The Hall–Kier alpha value is -2.64. The predicted octanol–water partition coefficient (Wildman–Crippen LogP) is 11.0. The molecule has 1 N–H and O–H groups in total. The summed E-state index contributed by atoms with van der Waals surface area (Å²) in [6.07, 6.45) is 13.6. The van der Waals surface area contributed by atoms with Gasteiger partial charge in [-0.3, -0.25) is 0 Å². The third-order valence-electron chi connectivity index (χ3n) is 9.60. The average Bonchev–Trinajstić information content (AvgIpc) is 3.32. The quantitative estimate of drug-likeness (QED) is 0.209. The van der Waals surface area contributed by atoms with Crippen molar-refractivity contribution >= 4 is 46.8 Å². The lowest BCUT2D eigenvalue weighted by atomic mass is 9.78. The summed E-state index contributed by atoms with van der Waals surface area (Å²) in [4.78, 5) is 26.0. The molecule has 4 aliphatic rings. The molecule has 2 aromatic rings. The Morgan fingerprint density at radius 3 is 2.39 bits per heavy atom. The number of nitrogens with zero attached hydrogens (tertiary/aromatic N) is 2. The number of amides is 1. The van der Waals surface area contributed by atoms with Crippen molar-refractivity contribution in [2.24, 2.45) is 10.9 Å². The number of carbonyl (C=O) groups excluding carboxylic acids is 1. The standard InChI is InChI=1S/C37H47N3O2S2/c1-6-8-10-12-26-14-16-30-28(22-26)38-34-32(43-30)33-35(39-29-23-27(13-11-9-7-2)15-17-31(29)44-33)40(34)36(41)42-37(24(3)4)20-18-25(5)19-21-37/h14-18,22-24,34,38H,6-13,19-21H2,1-5H3. The van der Waals surface area contributed by atoms with Gasteiger partial charge in [0.15, 0.2) is 5.84 Å². The topological polar surface area (TPSA) is 53.9 Å². The molecular weight excluding hydrogens is 583 g/mol. The maximum Gasteiger partial charge on any atom is 0.418 e. The molecule has 0 bridgehead atoms. The first-order valence-corrected chi connectivity index (χ1v) is 18.3. The van der Waals surface area contributed by atoms with E-state index in [2.05, 4.69) is 82.4 Å². The van der Waals surface area contributed by atoms with Gasteiger partial charge >= 0.3 is 6.09 Å². The van der Waals surface area contributed by atoms with Gasteiger partial charge in [0, 0.05) is 16.2 Å². The van der Waals surface area contributed by atoms with Gasteiger partial charge in [0.05, 0.1) is 21.2 Å². The van der Waals surface area contributed by atoms with Crippen molar-refractivity contribution in [1.29, 1.82) is 0 Å². The van der Waals surface area contributed by atoms with Crippen molar-refractivity contribution in [1.82, 2.24) is 4.90 Å². The summed E-state index contributed by atoms with van der Waals surface area (Å²) in [5.41, 5.74) is 5.55. The van der Waals surface area contributed by atoms with Gasteiger partial charge in [0.1, 0.15) is 11.8 Å². The highest BCUT2D eigenvalue weighted by Gasteiger charge is 2.49. The molecule has 1 amide bonds. The maximum atomic E-state index is 14.4. The van der Waals surface area contributed by atoms with Crippen LogP contribution in [0.5, 0.6) is 0 Å². The molecular formula is C37H47N3O2S2. The molecule has 2 atom stereocenters. The van der Waals surface area contributed by atoms with Crippen LogP contribution in [0.4, 0.5) is 16.2 Å². The second-order valence-electron chi connectivity index (χ2n) is 13.1. The second-order valence-corrected chi connectivity index (χ2v) is 15.3. The van der Waals surface area contributed by atoms with E-state index >= 15 is 0 Å². The fourth-order valence-corrected chi connectivity index (χ4v) is 8.92. The van der Waals surface area contributed by atoms with Crippen LogP contribution >= 0.6 is 23.5 Å². The van der Waals surface area contributed by atoms with Crippen molar-refractivity contribution in [3.63, 3.8) is 0 Å². The number of unbranched alkanes of at least 4 members (excludes halogenated alkanes) is 4. The summed E-state index contributed by atoms with van der Waals surface area (Å²) in [6.45, 7) is 11.0. The van der Waals surface area contributed by atoms with Gasteiger partial charge in [-0.15, -0.1) is 0 Å². The monoisotopic (exact) mass is 629 g/mol. The third-order valence-corrected chi connectivity index (χ3v) is 12.1. The van der Waals surface area contributed by atoms with Crippen LogP contribution in [-0.2, 0) is 17.6 Å². The Morgan fingerprint density at radius 1 is 1.02 bits per heavy atom. The predicted molar refractivity (Wildman–Crippen MR) is 186 cm³/mol. The van der Waals surface area contributed by atoms with Gasteiger partial charge in [-0.2, -0.15) is 0 Å². The number of aryl methyl sites for hydroxylation is 2. The summed E-state index contributed by atoms with van der Waals surface area (Å²) >= 11 is 3.51. The zero-order valence-corrected chi connectivity index (χ0v) is 28.6. The van der Waals surface area contributed by atoms with E-state index in [9.17, 15) is 4.79 Å². The summed E-state index contributed by atoms with van der Waals surface area (Å²) in [7, 11) is 0. The van der Waals surface area contributed by atoms with Crippen LogP contribution in [0.1, 0.15) is 104 Å². The molecule has 0 spiro atoms. The van der Waals surface area contributed by atoms with Crippen molar-refractivity contribution < 1.29 is 9.53 Å². The fraction of sp³-hybridized carbons (Fsp3) is 0.514. The van der Waals surface area contributed by atoms with Crippen LogP contribution in [0.2, 0.25) is 0 Å². The molecule has 0 saturated heterocycles. The lowest BCUT2D eigenvalue weighted by molar-refractivity contribution is -0.0417. The number of nitrogens with one attached hydrogen (secondary N) is 1. The van der Waals surface area contributed by atoms with E-state index in [0.29, 0.717) is 0 Å². The molecule has 3 aliphatic heterocycles. The van der Waals surface area contributed by atoms with Gasteiger partial charge in [-0.05, 0) is 86.8 Å². The first kappa shape index (κ1) is 31.3. The first-order chi connectivity index (χ1) is 21.3. The zero-order chi connectivity index (χ0) is 30.8. The minimum absolute atomic E-state index is 0.208. The zero-order valence-electron chi connectivity index (χ0n) is 27.0. The molecule has 0 aromatic heterocycles. The Bertz CT molecular complexity index is 1510. The molecule has 0 radical (unpaired) electrons. The molecule has 3 heterocycles. The van der Waals surface area contributed by atoms with Crippen molar-refractivity contribution in [3.8, 4) is 0 Å². The normalized spacial score (nSPS) is 22.0. The number of hydrogen-bond donors (Lipinski definition) is 1. The summed E-state index contributed by atoms with van der Waals surface area (Å²) < 4.78 is 6.60. The van der Waals surface area contributed by atoms with Crippen LogP contribution in [0.3, 0.4) is 0 Å². The van der Waals surface area contributed by atoms with Crippen LogP contribution in [-0.4, -0.2) is 28.6 Å². The van der Waals surface area contributed by atoms with E-state index < -0.39 is 5.60 Å². The van der Waals surface area contributed by atoms with Crippen LogP contribution in [0, 0.1) is 5.92 Å². The molecule has 6 rings (SSSR count).